The van der Waals surface area contributed by atoms with E-state index in [2.05, 4.69) is 64.1 Å². The summed E-state index contributed by atoms with van der Waals surface area (Å²) < 4.78 is 0. The van der Waals surface area contributed by atoms with E-state index in [9.17, 15) is 0 Å². The molecule has 2 heteroatoms. The van der Waals surface area contributed by atoms with Crippen LogP contribution in [0.15, 0.2) is 46.2 Å². The van der Waals surface area contributed by atoms with E-state index < -0.39 is 0 Å². The Morgan fingerprint density at radius 2 is 1.04 bits per heavy atom. The van der Waals surface area contributed by atoms with E-state index in [1.165, 1.54) is 35.5 Å². The SMILES string of the molecule is CC1(C)Cc2cccc(SSc3cccc4c3CC(C)(C)C4)c2C1. The molecule has 0 saturated heterocycles. The molecule has 0 bridgehead atoms. The molecule has 0 heterocycles. The molecule has 0 fully saturated rings. The van der Waals surface area contributed by atoms with Gasteiger partial charge in [0.25, 0.3) is 0 Å². The monoisotopic (exact) mass is 354 g/mol. The summed E-state index contributed by atoms with van der Waals surface area (Å²) in [5.74, 6) is 0. The summed E-state index contributed by atoms with van der Waals surface area (Å²) in [6.07, 6.45) is 4.87. The average Bonchev–Trinajstić information content (AvgIpc) is 2.98. The molecule has 0 unspecified atom stereocenters. The van der Waals surface area contributed by atoms with Gasteiger partial charge in [0.05, 0.1) is 0 Å². The highest BCUT2D eigenvalue weighted by Gasteiger charge is 2.31. The first-order valence-corrected chi connectivity index (χ1v) is 11.0. The molecule has 0 aromatic heterocycles. The molecular weight excluding hydrogens is 328 g/mol. The number of fused-ring (bicyclic) bond motifs is 2. The van der Waals surface area contributed by atoms with Crippen LogP contribution in [0.4, 0.5) is 0 Å². The molecule has 0 radical (unpaired) electrons. The topological polar surface area (TPSA) is 0 Å². The molecule has 2 aromatic carbocycles. The van der Waals surface area contributed by atoms with Gasteiger partial charge in [-0.15, -0.1) is 0 Å². The first-order chi connectivity index (χ1) is 11.3. The highest BCUT2D eigenvalue weighted by Crippen LogP contribution is 2.48. The second-order valence-corrected chi connectivity index (χ2v) is 11.2. The zero-order chi connectivity index (χ0) is 16.9. The predicted octanol–water partition coefficient (Wildman–Crippen LogP) is 6.74. The van der Waals surface area contributed by atoms with Crippen LogP contribution in [0.1, 0.15) is 49.9 Å². The molecule has 0 aliphatic heterocycles. The van der Waals surface area contributed by atoms with Crippen molar-refractivity contribution in [3.8, 4) is 0 Å². The smallest absolute Gasteiger partial charge is 0.0221 e. The van der Waals surface area contributed by atoms with Crippen molar-refractivity contribution in [2.75, 3.05) is 0 Å². The van der Waals surface area contributed by atoms with Gasteiger partial charge in [-0.1, -0.05) is 73.5 Å². The van der Waals surface area contributed by atoms with Crippen LogP contribution in [-0.4, -0.2) is 0 Å². The Bertz CT molecular complexity index is 719. The normalized spacial score (nSPS) is 20.0. The zero-order valence-electron chi connectivity index (χ0n) is 15.1. The first kappa shape index (κ1) is 16.6. The largest absolute Gasteiger partial charge is 0.0608 e. The summed E-state index contributed by atoms with van der Waals surface area (Å²) in [7, 11) is 3.92. The summed E-state index contributed by atoms with van der Waals surface area (Å²) in [5, 5.41) is 0. The van der Waals surface area contributed by atoms with E-state index in [4.69, 9.17) is 0 Å². The number of hydrogen-bond donors (Lipinski definition) is 0. The third-order valence-corrected chi connectivity index (χ3v) is 7.86. The van der Waals surface area contributed by atoms with Crippen molar-refractivity contribution in [1.82, 2.24) is 0 Å². The van der Waals surface area contributed by atoms with Gasteiger partial charge in [0.15, 0.2) is 0 Å². The Kier molecular flexibility index (Phi) is 4.04. The van der Waals surface area contributed by atoms with E-state index >= 15 is 0 Å². The molecule has 0 N–H and O–H groups in total. The van der Waals surface area contributed by atoms with Crippen molar-refractivity contribution in [2.45, 2.75) is 63.2 Å². The second kappa shape index (κ2) is 5.85. The van der Waals surface area contributed by atoms with Crippen LogP contribution in [0.2, 0.25) is 0 Å². The maximum Gasteiger partial charge on any atom is 0.0221 e. The fourth-order valence-electron chi connectivity index (χ4n) is 4.31. The molecule has 2 aromatic rings. The molecule has 2 aliphatic rings. The molecule has 0 nitrogen and oxygen atoms in total. The maximum atomic E-state index is 2.39. The number of rotatable bonds is 3. The fourth-order valence-corrected chi connectivity index (χ4v) is 6.84. The molecule has 126 valence electrons. The Morgan fingerprint density at radius 1 is 0.625 bits per heavy atom. The molecule has 2 aliphatic carbocycles. The quantitative estimate of drug-likeness (QED) is 0.560. The van der Waals surface area contributed by atoms with E-state index in [1.807, 2.05) is 21.6 Å². The zero-order valence-corrected chi connectivity index (χ0v) is 16.7. The lowest BCUT2D eigenvalue weighted by molar-refractivity contribution is 0.391. The molecule has 0 atom stereocenters. The van der Waals surface area contributed by atoms with Crippen molar-refractivity contribution >= 4 is 21.6 Å². The minimum absolute atomic E-state index is 0.418. The first-order valence-electron chi connectivity index (χ1n) is 8.89. The van der Waals surface area contributed by atoms with Crippen molar-refractivity contribution in [1.29, 1.82) is 0 Å². The third kappa shape index (κ3) is 3.15. The molecule has 0 amide bonds. The van der Waals surface area contributed by atoms with E-state index in [1.54, 1.807) is 22.3 Å². The molecule has 0 spiro atoms. The van der Waals surface area contributed by atoms with Crippen LogP contribution < -0.4 is 0 Å². The van der Waals surface area contributed by atoms with E-state index in [0.29, 0.717) is 10.8 Å². The minimum atomic E-state index is 0.418. The summed E-state index contributed by atoms with van der Waals surface area (Å²) in [6, 6.07) is 13.7. The van der Waals surface area contributed by atoms with Gasteiger partial charge >= 0.3 is 0 Å². The van der Waals surface area contributed by atoms with E-state index in [-0.39, 0.29) is 0 Å². The molecule has 4 rings (SSSR count). The highest BCUT2D eigenvalue weighted by molar-refractivity contribution is 8.76. The van der Waals surface area contributed by atoms with Crippen LogP contribution in [0.3, 0.4) is 0 Å². The third-order valence-electron chi connectivity index (χ3n) is 5.33. The summed E-state index contributed by atoms with van der Waals surface area (Å²) in [4.78, 5) is 2.94. The van der Waals surface area contributed by atoms with Crippen molar-refractivity contribution in [2.24, 2.45) is 10.8 Å². The van der Waals surface area contributed by atoms with Gasteiger partial charge in [0, 0.05) is 9.79 Å². The van der Waals surface area contributed by atoms with Gasteiger partial charge in [-0.3, -0.25) is 0 Å². The average molecular weight is 355 g/mol. The summed E-state index contributed by atoms with van der Waals surface area (Å²) in [6.45, 7) is 9.56. The Hall–Kier alpha value is -0.860. The number of benzene rings is 2. The molecular formula is C22H26S2. The Labute approximate surface area is 154 Å². The van der Waals surface area contributed by atoms with Crippen LogP contribution >= 0.6 is 21.6 Å². The molecule has 24 heavy (non-hydrogen) atoms. The summed E-state index contributed by atoms with van der Waals surface area (Å²) >= 11 is 0. The Morgan fingerprint density at radius 3 is 1.46 bits per heavy atom. The molecule has 0 saturated carbocycles. The van der Waals surface area contributed by atoms with E-state index in [0.717, 1.165) is 0 Å². The summed E-state index contributed by atoms with van der Waals surface area (Å²) in [5.41, 5.74) is 7.14. The van der Waals surface area contributed by atoms with Crippen molar-refractivity contribution in [3.63, 3.8) is 0 Å². The fraction of sp³-hybridized carbons (Fsp3) is 0.455. The van der Waals surface area contributed by atoms with Gasteiger partial charge in [-0.25, -0.2) is 0 Å². The highest BCUT2D eigenvalue weighted by atomic mass is 33.1. The lowest BCUT2D eigenvalue weighted by atomic mass is 9.90. The number of hydrogen-bond acceptors (Lipinski definition) is 2. The lowest BCUT2D eigenvalue weighted by Gasteiger charge is -2.16. The Balaban J connectivity index is 1.57. The van der Waals surface area contributed by atoms with Crippen molar-refractivity contribution in [3.05, 3.63) is 58.7 Å². The maximum absolute atomic E-state index is 2.39. The van der Waals surface area contributed by atoms with Crippen molar-refractivity contribution < 1.29 is 0 Å². The second-order valence-electron chi connectivity index (χ2n) is 8.99. The predicted molar refractivity (Wildman–Crippen MR) is 107 cm³/mol. The van der Waals surface area contributed by atoms with Gasteiger partial charge in [-0.2, -0.15) is 0 Å². The van der Waals surface area contributed by atoms with Crippen LogP contribution in [-0.2, 0) is 25.7 Å². The lowest BCUT2D eigenvalue weighted by Crippen LogP contribution is -2.09. The van der Waals surface area contributed by atoms with Crippen LogP contribution in [0.25, 0.3) is 0 Å². The van der Waals surface area contributed by atoms with Crippen LogP contribution in [0, 0.1) is 10.8 Å². The van der Waals surface area contributed by atoms with Gasteiger partial charge in [0.2, 0.25) is 0 Å². The van der Waals surface area contributed by atoms with Crippen LogP contribution in [0.5, 0.6) is 0 Å². The standard InChI is InChI=1S/C22H26S2/c1-21(2)11-15-7-5-9-19(17(15)13-21)23-24-20-10-6-8-16-12-22(3,4)14-18(16)20/h5-10H,11-14H2,1-4H3. The minimum Gasteiger partial charge on any atom is -0.0608 e. The van der Waals surface area contributed by atoms with Gasteiger partial charge < -0.3 is 0 Å². The van der Waals surface area contributed by atoms with Gasteiger partial charge in [-0.05, 0) is 70.9 Å². The van der Waals surface area contributed by atoms with Gasteiger partial charge in [0.1, 0.15) is 0 Å².